The molecule has 0 saturated heterocycles. The Morgan fingerprint density at radius 3 is 2.66 bits per heavy atom. The Labute approximate surface area is 196 Å². The van der Waals surface area contributed by atoms with Gasteiger partial charge in [0, 0.05) is 21.8 Å². The molecule has 5 rings (SSSR count). The number of rotatable bonds is 3. The minimum Gasteiger partial charge on any atom is -0.318 e. The van der Waals surface area contributed by atoms with Crippen molar-refractivity contribution in [3.63, 3.8) is 0 Å². The Hall–Kier alpha value is -3.15. The molecule has 2 heterocycles. The molecule has 1 N–H and O–H groups in total. The van der Waals surface area contributed by atoms with Gasteiger partial charge in [0.15, 0.2) is 0 Å². The van der Waals surface area contributed by atoms with Gasteiger partial charge in [0.2, 0.25) is 0 Å². The van der Waals surface area contributed by atoms with Gasteiger partial charge in [-0.2, -0.15) is 0 Å². The van der Waals surface area contributed by atoms with Crippen LogP contribution in [0.1, 0.15) is 22.9 Å². The van der Waals surface area contributed by atoms with Gasteiger partial charge in [-0.1, -0.05) is 54.1 Å². The Kier molecular flexibility index (Phi) is 5.68. The second kappa shape index (κ2) is 8.77. The lowest BCUT2D eigenvalue weighted by molar-refractivity contribution is 0.194. The molecule has 0 aliphatic carbocycles. The summed E-state index contributed by atoms with van der Waals surface area (Å²) in [6.45, 7) is 0.460. The number of nitrogens with zero attached hydrogens (tertiary/aromatic N) is 2. The molecule has 0 spiro atoms. The molecule has 0 fully saturated rings. The van der Waals surface area contributed by atoms with Crippen molar-refractivity contribution in [3.05, 3.63) is 113 Å². The molecule has 6 heteroatoms. The largest absolute Gasteiger partial charge is 0.322 e. The van der Waals surface area contributed by atoms with E-state index in [0.29, 0.717) is 11.6 Å². The van der Waals surface area contributed by atoms with Crippen LogP contribution in [0, 0.1) is 0 Å². The normalized spacial score (nSPS) is 14.9. The number of thioether (sulfide) groups is 1. The standard InChI is InChI=1S/C26H22ClN3OS/c1-32-20-10-6-9-19(16-20)28-26(31)30-17-18-8-2-5-13-23(18)29-15-7-14-24(29)25(30)21-11-3-4-12-22(21)27/h2-16,25H,17H2,1H3,(H,28,31)/t25-/m0/s1. The molecule has 4 aromatic rings. The predicted octanol–water partition coefficient (Wildman–Crippen LogP) is 6.99. The lowest BCUT2D eigenvalue weighted by Crippen LogP contribution is -2.38. The van der Waals surface area contributed by atoms with E-state index in [1.165, 1.54) is 0 Å². The number of para-hydroxylation sites is 1. The average molecular weight is 460 g/mol. The van der Waals surface area contributed by atoms with Gasteiger partial charge >= 0.3 is 6.03 Å². The maximum absolute atomic E-state index is 13.7. The maximum atomic E-state index is 13.7. The van der Waals surface area contributed by atoms with Crippen LogP contribution in [-0.2, 0) is 6.54 Å². The van der Waals surface area contributed by atoms with Gasteiger partial charge < -0.3 is 14.8 Å². The van der Waals surface area contributed by atoms with Crippen molar-refractivity contribution in [2.45, 2.75) is 17.5 Å². The van der Waals surface area contributed by atoms with Crippen molar-refractivity contribution in [2.75, 3.05) is 11.6 Å². The van der Waals surface area contributed by atoms with E-state index < -0.39 is 0 Å². The Morgan fingerprint density at radius 2 is 1.81 bits per heavy atom. The van der Waals surface area contributed by atoms with Crippen LogP contribution < -0.4 is 5.32 Å². The number of nitrogens with one attached hydrogen (secondary N) is 1. The first kappa shape index (κ1) is 20.7. The first-order valence-electron chi connectivity index (χ1n) is 10.4. The second-order valence-electron chi connectivity index (χ2n) is 7.65. The molecule has 3 aromatic carbocycles. The summed E-state index contributed by atoms with van der Waals surface area (Å²) >= 11 is 8.30. The predicted molar refractivity (Wildman–Crippen MR) is 132 cm³/mol. The van der Waals surface area contributed by atoms with Gasteiger partial charge in [-0.05, 0) is 59.8 Å². The summed E-state index contributed by atoms with van der Waals surface area (Å²) in [5, 5.41) is 3.75. The lowest BCUT2D eigenvalue weighted by Gasteiger charge is -2.31. The van der Waals surface area contributed by atoms with Gasteiger partial charge in [-0.15, -0.1) is 11.8 Å². The summed E-state index contributed by atoms with van der Waals surface area (Å²) in [5.74, 6) is 0. The van der Waals surface area contributed by atoms with Crippen molar-refractivity contribution in [1.82, 2.24) is 9.47 Å². The fourth-order valence-corrected chi connectivity index (χ4v) is 4.96. The van der Waals surface area contributed by atoms with Crippen LogP contribution in [0.3, 0.4) is 0 Å². The third-order valence-corrected chi connectivity index (χ3v) is 6.82. The minimum absolute atomic E-state index is 0.169. The van der Waals surface area contributed by atoms with Crippen LogP contribution in [0.5, 0.6) is 0 Å². The molecule has 1 atom stereocenters. The van der Waals surface area contributed by atoms with Crippen LogP contribution in [0.25, 0.3) is 5.69 Å². The number of fused-ring (bicyclic) bond motifs is 3. The number of carbonyl (C=O) groups excluding carboxylic acids is 1. The minimum atomic E-state index is -0.338. The molecule has 2 amide bonds. The molecule has 1 aromatic heterocycles. The van der Waals surface area contributed by atoms with Crippen LogP contribution in [0.4, 0.5) is 10.5 Å². The molecule has 0 unspecified atom stereocenters. The van der Waals surface area contributed by atoms with Crippen molar-refractivity contribution in [2.24, 2.45) is 0 Å². The van der Waals surface area contributed by atoms with E-state index in [-0.39, 0.29) is 12.1 Å². The fourth-order valence-electron chi connectivity index (χ4n) is 4.26. The molecular weight excluding hydrogens is 438 g/mol. The highest BCUT2D eigenvalue weighted by Gasteiger charge is 2.34. The van der Waals surface area contributed by atoms with Crippen molar-refractivity contribution in [1.29, 1.82) is 0 Å². The zero-order valence-corrected chi connectivity index (χ0v) is 19.1. The van der Waals surface area contributed by atoms with E-state index >= 15 is 0 Å². The number of carbonyl (C=O) groups is 1. The van der Waals surface area contributed by atoms with Gasteiger partial charge in [0.25, 0.3) is 0 Å². The zero-order valence-electron chi connectivity index (χ0n) is 17.5. The summed E-state index contributed by atoms with van der Waals surface area (Å²) in [4.78, 5) is 16.7. The molecule has 160 valence electrons. The van der Waals surface area contributed by atoms with E-state index in [1.54, 1.807) is 11.8 Å². The molecule has 4 nitrogen and oxygen atoms in total. The molecular formula is C26H22ClN3OS. The average Bonchev–Trinajstić information content (AvgIpc) is 3.24. The van der Waals surface area contributed by atoms with Gasteiger partial charge in [-0.3, -0.25) is 0 Å². The Morgan fingerprint density at radius 1 is 1.00 bits per heavy atom. The van der Waals surface area contributed by atoms with Gasteiger partial charge in [0.1, 0.15) is 6.04 Å². The van der Waals surface area contributed by atoms with Crippen LogP contribution in [0.2, 0.25) is 5.02 Å². The number of urea groups is 1. The molecule has 0 saturated carbocycles. The van der Waals surface area contributed by atoms with E-state index in [2.05, 4.69) is 28.1 Å². The molecule has 1 aliphatic heterocycles. The van der Waals surface area contributed by atoms with Crippen molar-refractivity contribution in [3.8, 4) is 5.69 Å². The first-order valence-corrected chi connectivity index (χ1v) is 12.0. The maximum Gasteiger partial charge on any atom is 0.322 e. The number of halogens is 1. The number of benzene rings is 3. The van der Waals surface area contributed by atoms with Crippen LogP contribution >= 0.6 is 23.4 Å². The van der Waals surface area contributed by atoms with Crippen LogP contribution in [-0.4, -0.2) is 21.8 Å². The molecule has 1 aliphatic rings. The zero-order chi connectivity index (χ0) is 22.1. The van der Waals surface area contributed by atoms with E-state index in [9.17, 15) is 4.79 Å². The smallest absolute Gasteiger partial charge is 0.318 e. The summed E-state index contributed by atoms with van der Waals surface area (Å²) in [7, 11) is 0. The number of aromatic nitrogens is 1. The number of amides is 2. The van der Waals surface area contributed by atoms with E-state index in [4.69, 9.17) is 11.6 Å². The Balaban J connectivity index is 1.63. The molecule has 32 heavy (non-hydrogen) atoms. The van der Waals surface area contributed by atoms with E-state index in [1.807, 2.05) is 84.1 Å². The number of hydrogen-bond acceptors (Lipinski definition) is 2. The molecule has 0 bridgehead atoms. The van der Waals surface area contributed by atoms with Gasteiger partial charge in [-0.25, -0.2) is 4.79 Å². The third-order valence-electron chi connectivity index (χ3n) is 5.75. The highest BCUT2D eigenvalue weighted by atomic mass is 35.5. The second-order valence-corrected chi connectivity index (χ2v) is 8.93. The van der Waals surface area contributed by atoms with Crippen molar-refractivity contribution >= 4 is 35.1 Å². The topological polar surface area (TPSA) is 37.3 Å². The SMILES string of the molecule is CSc1cccc(NC(=O)N2Cc3ccccc3-n3cccc3[C@@H]2c2ccccc2Cl)c1. The monoisotopic (exact) mass is 459 g/mol. The van der Waals surface area contributed by atoms with Crippen LogP contribution in [0.15, 0.2) is 96.0 Å². The Bertz CT molecular complexity index is 1290. The number of hydrogen-bond donors (Lipinski definition) is 1. The lowest BCUT2D eigenvalue weighted by atomic mass is 10.0. The summed E-state index contributed by atoms with van der Waals surface area (Å²) in [6.07, 6.45) is 4.07. The van der Waals surface area contributed by atoms with Gasteiger partial charge in [0.05, 0.1) is 17.9 Å². The summed E-state index contributed by atoms with van der Waals surface area (Å²) < 4.78 is 2.16. The summed E-state index contributed by atoms with van der Waals surface area (Å²) in [6, 6.07) is 27.4. The van der Waals surface area contributed by atoms with Crippen molar-refractivity contribution < 1.29 is 4.79 Å². The first-order chi connectivity index (χ1) is 15.7. The highest BCUT2D eigenvalue weighted by molar-refractivity contribution is 7.98. The molecule has 0 radical (unpaired) electrons. The van der Waals surface area contributed by atoms with E-state index in [0.717, 1.165) is 33.1 Å². The highest BCUT2D eigenvalue weighted by Crippen LogP contribution is 2.39. The summed E-state index contributed by atoms with van der Waals surface area (Å²) in [5.41, 5.74) is 4.82. The fraction of sp³-hybridized carbons (Fsp3) is 0.115. The third kappa shape index (κ3) is 3.78. The quantitative estimate of drug-likeness (QED) is 0.335. The number of anilines is 1.